The quantitative estimate of drug-likeness (QED) is 0.777. The van der Waals surface area contributed by atoms with E-state index in [-0.39, 0.29) is 11.3 Å². The summed E-state index contributed by atoms with van der Waals surface area (Å²) in [5.74, 6) is 0.289. The van der Waals surface area contributed by atoms with Gasteiger partial charge in [0.05, 0.1) is 5.41 Å². The van der Waals surface area contributed by atoms with E-state index in [4.69, 9.17) is 0 Å². The van der Waals surface area contributed by atoms with Crippen molar-refractivity contribution < 1.29 is 4.79 Å². The second-order valence-corrected chi connectivity index (χ2v) is 7.15. The van der Waals surface area contributed by atoms with Crippen LogP contribution in [0.15, 0.2) is 0 Å². The third-order valence-electron chi connectivity index (χ3n) is 4.49. The highest BCUT2D eigenvalue weighted by Crippen LogP contribution is 2.46. The molecule has 0 radical (unpaired) electrons. The summed E-state index contributed by atoms with van der Waals surface area (Å²) in [6.07, 6.45) is 8.94. The Morgan fingerprint density at radius 3 is 2.67 bits per heavy atom. The van der Waals surface area contributed by atoms with Gasteiger partial charge in [-0.1, -0.05) is 13.3 Å². The zero-order valence-corrected chi connectivity index (χ0v) is 12.5. The molecule has 104 valence electrons. The highest BCUT2D eigenvalue weighted by atomic mass is 32.2. The lowest BCUT2D eigenvalue weighted by Gasteiger charge is -2.36. The van der Waals surface area contributed by atoms with Gasteiger partial charge in [0.25, 0.3) is 0 Å². The fourth-order valence-electron chi connectivity index (χ4n) is 2.99. The number of amides is 1. The predicted octanol–water partition coefficient (Wildman–Crippen LogP) is 2.17. The van der Waals surface area contributed by atoms with Crippen LogP contribution in [-0.4, -0.2) is 36.5 Å². The minimum Gasteiger partial charge on any atom is -0.354 e. The maximum Gasteiger partial charge on any atom is 0.227 e. The number of thioether (sulfide) groups is 1. The highest BCUT2D eigenvalue weighted by Gasteiger charge is 2.44. The Morgan fingerprint density at radius 1 is 1.39 bits per heavy atom. The monoisotopic (exact) mass is 270 g/mol. The third kappa shape index (κ3) is 3.02. The van der Waals surface area contributed by atoms with Gasteiger partial charge in [-0.3, -0.25) is 4.79 Å². The van der Waals surface area contributed by atoms with E-state index in [1.165, 1.54) is 12.8 Å². The van der Waals surface area contributed by atoms with Gasteiger partial charge in [-0.05, 0) is 44.9 Å². The number of hydrogen-bond donors (Lipinski definition) is 2. The van der Waals surface area contributed by atoms with Crippen LogP contribution < -0.4 is 10.6 Å². The maximum absolute atomic E-state index is 12.5. The summed E-state index contributed by atoms with van der Waals surface area (Å²) in [6, 6.07) is 0. The summed E-state index contributed by atoms with van der Waals surface area (Å²) in [4.78, 5) is 12.5. The van der Waals surface area contributed by atoms with Crippen LogP contribution in [0, 0.1) is 5.41 Å². The Bertz CT molecular complexity index is 291. The minimum absolute atomic E-state index is 0.137. The van der Waals surface area contributed by atoms with E-state index >= 15 is 0 Å². The molecule has 1 unspecified atom stereocenters. The highest BCUT2D eigenvalue weighted by molar-refractivity contribution is 8.00. The van der Waals surface area contributed by atoms with Crippen molar-refractivity contribution >= 4 is 17.7 Å². The summed E-state index contributed by atoms with van der Waals surface area (Å²) < 4.78 is 0.366. The second-order valence-electron chi connectivity index (χ2n) is 5.88. The van der Waals surface area contributed by atoms with Crippen molar-refractivity contribution in [3.63, 3.8) is 0 Å². The molecule has 2 aliphatic rings. The number of hydrogen-bond acceptors (Lipinski definition) is 3. The molecule has 1 heterocycles. The van der Waals surface area contributed by atoms with Crippen molar-refractivity contribution in [3.8, 4) is 0 Å². The van der Waals surface area contributed by atoms with Gasteiger partial charge in [0.15, 0.2) is 0 Å². The number of rotatable bonds is 6. The van der Waals surface area contributed by atoms with E-state index in [0.717, 1.165) is 45.3 Å². The molecule has 1 aliphatic heterocycles. The standard InChI is InChI=1S/C14H26N2OS/c1-3-5-13(6-4-9-15-10-13)12(17)16-11-14(18-2)7-8-14/h15H,3-11H2,1-2H3,(H,16,17). The number of nitrogens with one attached hydrogen (secondary N) is 2. The zero-order chi connectivity index (χ0) is 13.1. The van der Waals surface area contributed by atoms with Crippen molar-refractivity contribution in [3.05, 3.63) is 0 Å². The molecule has 2 rings (SSSR count). The molecule has 1 atom stereocenters. The first-order chi connectivity index (χ1) is 8.66. The fourth-order valence-corrected chi connectivity index (χ4v) is 3.72. The van der Waals surface area contributed by atoms with Crippen molar-refractivity contribution in [2.45, 2.75) is 50.2 Å². The molecule has 1 saturated heterocycles. The van der Waals surface area contributed by atoms with Gasteiger partial charge in [-0.2, -0.15) is 11.8 Å². The molecule has 2 N–H and O–H groups in total. The van der Waals surface area contributed by atoms with E-state index in [1.54, 1.807) is 0 Å². The molecule has 0 bridgehead atoms. The topological polar surface area (TPSA) is 41.1 Å². The molecule has 1 amide bonds. The van der Waals surface area contributed by atoms with Crippen LogP contribution in [0.1, 0.15) is 45.4 Å². The molecule has 0 spiro atoms. The second kappa shape index (κ2) is 5.83. The SMILES string of the molecule is CCCC1(C(=O)NCC2(SC)CC2)CCCNC1. The molecule has 2 fully saturated rings. The average Bonchev–Trinajstić information content (AvgIpc) is 3.18. The molecule has 0 aromatic heterocycles. The summed E-state index contributed by atoms with van der Waals surface area (Å²) in [5, 5.41) is 6.63. The molecular formula is C14H26N2OS. The molecule has 18 heavy (non-hydrogen) atoms. The van der Waals surface area contributed by atoms with Crippen LogP contribution in [-0.2, 0) is 4.79 Å². The largest absolute Gasteiger partial charge is 0.354 e. The van der Waals surface area contributed by atoms with Crippen LogP contribution in [0.3, 0.4) is 0 Å². The average molecular weight is 270 g/mol. The lowest BCUT2D eigenvalue weighted by atomic mass is 9.76. The Kier molecular flexibility index (Phi) is 4.59. The van der Waals surface area contributed by atoms with Crippen LogP contribution in [0.2, 0.25) is 0 Å². The predicted molar refractivity (Wildman–Crippen MR) is 77.9 cm³/mol. The van der Waals surface area contributed by atoms with Crippen molar-refractivity contribution in [1.29, 1.82) is 0 Å². The summed E-state index contributed by atoms with van der Waals surface area (Å²) in [7, 11) is 0. The normalized spacial score (nSPS) is 29.9. The van der Waals surface area contributed by atoms with Gasteiger partial charge < -0.3 is 10.6 Å². The fraction of sp³-hybridized carbons (Fsp3) is 0.929. The van der Waals surface area contributed by atoms with Gasteiger partial charge in [0.2, 0.25) is 5.91 Å². The Hall–Kier alpha value is -0.220. The van der Waals surface area contributed by atoms with Gasteiger partial charge in [-0.15, -0.1) is 0 Å². The van der Waals surface area contributed by atoms with E-state index in [1.807, 2.05) is 11.8 Å². The van der Waals surface area contributed by atoms with E-state index in [0.29, 0.717) is 4.75 Å². The summed E-state index contributed by atoms with van der Waals surface area (Å²) in [6.45, 7) is 4.96. The van der Waals surface area contributed by atoms with E-state index in [2.05, 4.69) is 23.8 Å². The van der Waals surface area contributed by atoms with Crippen LogP contribution in [0.5, 0.6) is 0 Å². The Morgan fingerprint density at radius 2 is 2.17 bits per heavy atom. The Balaban J connectivity index is 1.91. The smallest absolute Gasteiger partial charge is 0.227 e. The molecule has 4 heteroatoms. The van der Waals surface area contributed by atoms with Gasteiger partial charge in [0.1, 0.15) is 0 Å². The zero-order valence-electron chi connectivity index (χ0n) is 11.7. The lowest BCUT2D eigenvalue weighted by Crippen LogP contribution is -2.51. The van der Waals surface area contributed by atoms with Crippen molar-refractivity contribution in [1.82, 2.24) is 10.6 Å². The van der Waals surface area contributed by atoms with Crippen LogP contribution in [0.4, 0.5) is 0 Å². The van der Waals surface area contributed by atoms with Gasteiger partial charge in [-0.25, -0.2) is 0 Å². The molecular weight excluding hydrogens is 244 g/mol. The molecule has 1 saturated carbocycles. The summed E-state index contributed by atoms with van der Waals surface area (Å²) in [5.41, 5.74) is -0.137. The first-order valence-electron chi connectivity index (χ1n) is 7.21. The van der Waals surface area contributed by atoms with Gasteiger partial charge >= 0.3 is 0 Å². The molecule has 3 nitrogen and oxygen atoms in total. The van der Waals surface area contributed by atoms with Crippen molar-refractivity contribution in [2.24, 2.45) is 5.41 Å². The van der Waals surface area contributed by atoms with Crippen LogP contribution in [0.25, 0.3) is 0 Å². The first-order valence-corrected chi connectivity index (χ1v) is 8.43. The van der Waals surface area contributed by atoms with Crippen LogP contribution >= 0.6 is 11.8 Å². The molecule has 0 aromatic rings. The van der Waals surface area contributed by atoms with Gasteiger partial charge in [0, 0.05) is 17.8 Å². The summed E-state index contributed by atoms with van der Waals surface area (Å²) >= 11 is 1.91. The maximum atomic E-state index is 12.5. The molecule has 1 aliphatic carbocycles. The number of piperidine rings is 1. The minimum atomic E-state index is -0.137. The molecule has 0 aromatic carbocycles. The van der Waals surface area contributed by atoms with Crippen molar-refractivity contribution in [2.75, 3.05) is 25.9 Å². The lowest BCUT2D eigenvalue weighted by molar-refractivity contribution is -0.132. The number of carbonyl (C=O) groups excluding carboxylic acids is 1. The van der Waals surface area contributed by atoms with E-state index in [9.17, 15) is 4.79 Å². The number of carbonyl (C=O) groups is 1. The van der Waals surface area contributed by atoms with E-state index < -0.39 is 0 Å². The third-order valence-corrected chi connectivity index (χ3v) is 5.91. The Labute approximate surface area is 115 Å². The first kappa shape index (κ1) is 14.2.